The Labute approximate surface area is 144 Å². The van der Waals surface area contributed by atoms with Gasteiger partial charge in [0, 0.05) is 11.0 Å². The average Bonchev–Trinajstić information content (AvgIpc) is 3.32. The molecule has 0 saturated heterocycles. The molecule has 1 aliphatic carbocycles. The maximum Gasteiger partial charge on any atom is 0.255 e. The summed E-state index contributed by atoms with van der Waals surface area (Å²) in [6.07, 6.45) is 3.88. The van der Waals surface area contributed by atoms with E-state index in [0.717, 1.165) is 28.7 Å². The largest absolute Gasteiger partial charge is 0.345 e. The van der Waals surface area contributed by atoms with Gasteiger partial charge in [0.2, 0.25) is 0 Å². The van der Waals surface area contributed by atoms with Crippen molar-refractivity contribution in [1.82, 2.24) is 15.1 Å². The number of aromatic nitrogens is 2. The van der Waals surface area contributed by atoms with E-state index in [4.69, 9.17) is 5.73 Å². The molecule has 1 fully saturated rings. The van der Waals surface area contributed by atoms with E-state index in [1.165, 1.54) is 0 Å². The van der Waals surface area contributed by atoms with Gasteiger partial charge in [0.15, 0.2) is 0 Å². The van der Waals surface area contributed by atoms with Gasteiger partial charge in [-0.05, 0) is 56.9 Å². The molecular formula is C17H21BrN4O. The van der Waals surface area contributed by atoms with E-state index in [0.29, 0.717) is 18.0 Å². The fraction of sp³-hybridized carbons (Fsp3) is 0.412. The number of amides is 1. The fourth-order valence-electron chi connectivity index (χ4n) is 2.84. The van der Waals surface area contributed by atoms with E-state index >= 15 is 0 Å². The lowest BCUT2D eigenvalue weighted by molar-refractivity contribution is 0.0897. The molecular weight excluding hydrogens is 356 g/mol. The topological polar surface area (TPSA) is 72.9 Å². The van der Waals surface area contributed by atoms with Crippen LogP contribution in [0.25, 0.3) is 5.69 Å². The first-order valence-corrected chi connectivity index (χ1v) is 8.57. The Hall–Kier alpha value is -1.66. The number of benzene rings is 1. The van der Waals surface area contributed by atoms with Crippen LogP contribution in [0, 0.1) is 12.8 Å². The first-order chi connectivity index (χ1) is 10.9. The average molecular weight is 377 g/mol. The lowest BCUT2D eigenvalue weighted by Gasteiger charge is -2.29. The number of carbonyl (C=O) groups is 1. The van der Waals surface area contributed by atoms with Crippen molar-refractivity contribution >= 4 is 21.8 Å². The lowest BCUT2D eigenvalue weighted by atomic mass is 9.95. The zero-order valence-electron chi connectivity index (χ0n) is 13.3. The van der Waals surface area contributed by atoms with Crippen LogP contribution < -0.4 is 11.1 Å². The Morgan fingerprint density at radius 2 is 2.09 bits per heavy atom. The second kappa shape index (κ2) is 6.09. The number of hydrogen-bond acceptors (Lipinski definition) is 3. The Balaban J connectivity index is 1.83. The number of halogens is 1. The SMILES string of the molecule is Cc1c(C(=O)NC(C)(CN)C2CC2)cnn1-c1ccc(Br)cc1. The number of nitrogens with two attached hydrogens (primary N) is 1. The van der Waals surface area contributed by atoms with Crippen LogP contribution in [-0.4, -0.2) is 27.8 Å². The van der Waals surface area contributed by atoms with Gasteiger partial charge in [0.1, 0.15) is 0 Å². The van der Waals surface area contributed by atoms with Crippen LogP contribution in [0.2, 0.25) is 0 Å². The predicted molar refractivity (Wildman–Crippen MR) is 93.7 cm³/mol. The molecule has 6 heteroatoms. The zero-order chi connectivity index (χ0) is 16.6. The minimum absolute atomic E-state index is 0.106. The molecule has 0 bridgehead atoms. The lowest BCUT2D eigenvalue weighted by Crippen LogP contribution is -2.53. The van der Waals surface area contributed by atoms with Gasteiger partial charge in [-0.15, -0.1) is 0 Å². The molecule has 1 atom stereocenters. The smallest absolute Gasteiger partial charge is 0.255 e. The molecule has 3 N–H and O–H groups in total. The van der Waals surface area contributed by atoms with Crippen LogP contribution >= 0.6 is 15.9 Å². The van der Waals surface area contributed by atoms with E-state index < -0.39 is 0 Å². The molecule has 1 unspecified atom stereocenters. The maximum atomic E-state index is 12.6. The third-order valence-electron chi connectivity index (χ3n) is 4.63. The highest BCUT2D eigenvalue weighted by molar-refractivity contribution is 9.10. The molecule has 1 aromatic heterocycles. The first kappa shape index (κ1) is 16.2. The number of carbonyl (C=O) groups excluding carboxylic acids is 1. The van der Waals surface area contributed by atoms with Gasteiger partial charge in [-0.25, -0.2) is 4.68 Å². The fourth-order valence-corrected chi connectivity index (χ4v) is 3.11. The molecule has 1 saturated carbocycles. The third kappa shape index (κ3) is 3.19. The molecule has 0 radical (unpaired) electrons. The summed E-state index contributed by atoms with van der Waals surface area (Å²) in [6.45, 7) is 4.38. The number of hydrogen-bond donors (Lipinski definition) is 2. The number of nitrogens with zero attached hydrogens (tertiary/aromatic N) is 2. The summed E-state index contributed by atoms with van der Waals surface area (Å²) < 4.78 is 2.78. The summed E-state index contributed by atoms with van der Waals surface area (Å²) in [7, 11) is 0. The summed E-state index contributed by atoms with van der Waals surface area (Å²) >= 11 is 3.42. The summed E-state index contributed by atoms with van der Waals surface area (Å²) in [5.74, 6) is 0.379. The van der Waals surface area contributed by atoms with Crippen molar-refractivity contribution < 1.29 is 4.79 Å². The molecule has 2 aromatic rings. The Kier molecular flexibility index (Phi) is 4.29. The standard InChI is InChI=1S/C17H21BrN4O/c1-11-15(16(23)21-17(2,10-19)12-3-4-12)9-20-22(11)14-7-5-13(18)6-8-14/h5-9,12H,3-4,10,19H2,1-2H3,(H,21,23). The molecule has 122 valence electrons. The highest BCUT2D eigenvalue weighted by atomic mass is 79.9. The van der Waals surface area contributed by atoms with E-state index in [1.807, 2.05) is 38.1 Å². The molecule has 5 nitrogen and oxygen atoms in total. The highest BCUT2D eigenvalue weighted by Crippen LogP contribution is 2.39. The van der Waals surface area contributed by atoms with Crippen molar-refractivity contribution in [3.05, 3.63) is 46.2 Å². The van der Waals surface area contributed by atoms with E-state index in [1.54, 1.807) is 10.9 Å². The normalized spacial score (nSPS) is 16.9. The Bertz CT molecular complexity index is 721. The van der Waals surface area contributed by atoms with Gasteiger partial charge in [-0.1, -0.05) is 15.9 Å². The summed E-state index contributed by atoms with van der Waals surface area (Å²) in [5, 5.41) is 7.47. The van der Waals surface area contributed by atoms with Crippen LogP contribution in [0.1, 0.15) is 35.8 Å². The third-order valence-corrected chi connectivity index (χ3v) is 5.16. The zero-order valence-corrected chi connectivity index (χ0v) is 14.9. The van der Waals surface area contributed by atoms with Gasteiger partial charge >= 0.3 is 0 Å². The predicted octanol–water partition coefficient (Wildman–Crippen LogP) is 2.80. The molecule has 0 spiro atoms. The van der Waals surface area contributed by atoms with Crippen molar-refractivity contribution in [2.45, 2.75) is 32.2 Å². The molecule has 1 heterocycles. The van der Waals surface area contributed by atoms with E-state index in [-0.39, 0.29) is 11.4 Å². The van der Waals surface area contributed by atoms with Gasteiger partial charge in [-0.2, -0.15) is 5.10 Å². The summed E-state index contributed by atoms with van der Waals surface area (Å²) in [6, 6.07) is 7.82. The summed E-state index contributed by atoms with van der Waals surface area (Å²) in [5.41, 5.74) is 7.89. The molecule has 1 amide bonds. The number of nitrogens with one attached hydrogen (secondary N) is 1. The molecule has 0 aliphatic heterocycles. The second-order valence-corrected chi connectivity index (χ2v) is 7.30. The monoisotopic (exact) mass is 376 g/mol. The van der Waals surface area contributed by atoms with Crippen LogP contribution in [-0.2, 0) is 0 Å². The van der Waals surface area contributed by atoms with E-state index in [2.05, 4.69) is 26.3 Å². The minimum Gasteiger partial charge on any atom is -0.345 e. The molecule has 23 heavy (non-hydrogen) atoms. The first-order valence-electron chi connectivity index (χ1n) is 7.78. The van der Waals surface area contributed by atoms with Crippen molar-refractivity contribution in [3.8, 4) is 5.69 Å². The highest BCUT2D eigenvalue weighted by Gasteiger charge is 2.41. The Morgan fingerprint density at radius 1 is 1.43 bits per heavy atom. The van der Waals surface area contributed by atoms with Gasteiger partial charge in [0.05, 0.1) is 28.7 Å². The number of rotatable bonds is 5. The van der Waals surface area contributed by atoms with Crippen LogP contribution in [0.15, 0.2) is 34.9 Å². The Morgan fingerprint density at radius 3 is 2.65 bits per heavy atom. The maximum absolute atomic E-state index is 12.6. The van der Waals surface area contributed by atoms with Crippen molar-refractivity contribution in [3.63, 3.8) is 0 Å². The summed E-state index contributed by atoms with van der Waals surface area (Å²) in [4.78, 5) is 12.6. The van der Waals surface area contributed by atoms with Crippen LogP contribution in [0.5, 0.6) is 0 Å². The van der Waals surface area contributed by atoms with Crippen LogP contribution in [0.3, 0.4) is 0 Å². The van der Waals surface area contributed by atoms with Gasteiger partial charge < -0.3 is 11.1 Å². The van der Waals surface area contributed by atoms with Crippen molar-refractivity contribution in [2.24, 2.45) is 11.7 Å². The minimum atomic E-state index is -0.330. The van der Waals surface area contributed by atoms with E-state index in [9.17, 15) is 4.79 Å². The van der Waals surface area contributed by atoms with Crippen molar-refractivity contribution in [2.75, 3.05) is 6.54 Å². The van der Waals surface area contributed by atoms with Crippen LogP contribution in [0.4, 0.5) is 0 Å². The van der Waals surface area contributed by atoms with Gasteiger partial charge in [-0.3, -0.25) is 4.79 Å². The molecule has 1 aliphatic rings. The quantitative estimate of drug-likeness (QED) is 0.842. The second-order valence-electron chi connectivity index (χ2n) is 6.38. The van der Waals surface area contributed by atoms with Gasteiger partial charge in [0.25, 0.3) is 5.91 Å². The molecule has 1 aromatic carbocycles. The van der Waals surface area contributed by atoms with Crippen molar-refractivity contribution in [1.29, 1.82) is 0 Å². The molecule has 3 rings (SSSR count).